The van der Waals surface area contributed by atoms with Crippen LogP contribution in [0.2, 0.25) is 0 Å². The highest BCUT2D eigenvalue weighted by atomic mass is 32.2. The summed E-state index contributed by atoms with van der Waals surface area (Å²) in [4.78, 5) is 23.2. The fourth-order valence-electron chi connectivity index (χ4n) is 2.77. The molecule has 0 saturated heterocycles. The first-order chi connectivity index (χ1) is 12.7. The van der Waals surface area contributed by atoms with Gasteiger partial charge in [0, 0.05) is 13.1 Å². The van der Waals surface area contributed by atoms with Crippen molar-refractivity contribution >= 4 is 38.4 Å². The van der Waals surface area contributed by atoms with E-state index in [-0.39, 0.29) is 22.1 Å². The maximum Gasteiger partial charge on any atom is 0.419 e. The Labute approximate surface area is 153 Å². The van der Waals surface area contributed by atoms with Crippen molar-refractivity contribution in [3.63, 3.8) is 0 Å². The third kappa shape index (κ3) is 2.93. The summed E-state index contributed by atoms with van der Waals surface area (Å²) in [6.07, 6.45) is -0.618. The number of oxazole rings is 1. The molecule has 1 aromatic heterocycles. The monoisotopic (exact) mass is 389 g/mol. The van der Waals surface area contributed by atoms with E-state index >= 15 is 0 Å². The Morgan fingerprint density at radius 2 is 1.93 bits per heavy atom. The fourth-order valence-corrected chi connectivity index (χ4v) is 3.83. The van der Waals surface area contributed by atoms with Crippen molar-refractivity contribution in [2.45, 2.75) is 17.9 Å². The third-order valence-electron chi connectivity index (χ3n) is 4.24. The molecule has 10 heteroatoms. The molecule has 0 fully saturated rings. The summed E-state index contributed by atoms with van der Waals surface area (Å²) in [6, 6.07) is 8.73. The summed E-state index contributed by atoms with van der Waals surface area (Å²) in [7, 11) is -2.40. The zero-order valence-electron chi connectivity index (χ0n) is 14.3. The van der Waals surface area contributed by atoms with Crippen LogP contribution in [-0.2, 0) is 21.9 Å². The number of aromatic nitrogens is 1. The standard InChI is InChI=1S/C17H15N3O6S/c1-9-16(21)18-12-7-10(3-6-14(12)25-9)19-27(23,24)11-4-5-13-15(8-11)26-17(22)20(13)2/h3-9,19H,1-2H3,(H,18,21)/t9-/m1/s1. The number of hydrogen-bond acceptors (Lipinski definition) is 6. The van der Waals surface area contributed by atoms with Gasteiger partial charge in [0.05, 0.1) is 21.8 Å². The average molecular weight is 389 g/mol. The van der Waals surface area contributed by atoms with E-state index in [0.29, 0.717) is 17.0 Å². The minimum absolute atomic E-state index is 0.0593. The highest BCUT2D eigenvalue weighted by molar-refractivity contribution is 7.92. The number of anilines is 2. The lowest BCUT2D eigenvalue weighted by Gasteiger charge is -2.23. The molecule has 1 amide bonds. The van der Waals surface area contributed by atoms with E-state index in [1.807, 2.05) is 0 Å². The van der Waals surface area contributed by atoms with Crippen molar-refractivity contribution in [2.24, 2.45) is 7.05 Å². The zero-order valence-corrected chi connectivity index (χ0v) is 15.2. The van der Waals surface area contributed by atoms with Gasteiger partial charge in [-0.1, -0.05) is 0 Å². The average Bonchev–Trinajstić information content (AvgIpc) is 2.90. The van der Waals surface area contributed by atoms with E-state index < -0.39 is 21.9 Å². The molecule has 27 heavy (non-hydrogen) atoms. The number of ether oxygens (including phenoxy) is 1. The van der Waals surface area contributed by atoms with Gasteiger partial charge in [-0.25, -0.2) is 13.2 Å². The molecule has 2 aromatic carbocycles. The number of aryl methyl sites for hydroxylation is 1. The maximum absolute atomic E-state index is 12.7. The molecule has 0 spiro atoms. The molecular weight excluding hydrogens is 374 g/mol. The van der Waals surface area contributed by atoms with Gasteiger partial charge < -0.3 is 14.5 Å². The minimum Gasteiger partial charge on any atom is -0.479 e. The summed E-state index contributed by atoms with van der Waals surface area (Å²) in [5, 5.41) is 2.66. The number of benzene rings is 2. The van der Waals surface area contributed by atoms with Gasteiger partial charge in [-0.15, -0.1) is 0 Å². The van der Waals surface area contributed by atoms with E-state index in [1.54, 1.807) is 13.0 Å². The van der Waals surface area contributed by atoms with E-state index in [9.17, 15) is 18.0 Å². The first-order valence-electron chi connectivity index (χ1n) is 7.98. The SMILES string of the molecule is C[C@H]1Oc2ccc(NS(=O)(=O)c3ccc4c(c3)oc(=O)n4C)cc2NC1=O. The Hall–Kier alpha value is -3.27. The van der Waals surface area contributed by atoms with Crippen LogP contribution in [-0.4, -0.2) is 25.0 Å². The van der Waals surface area contributed by atoms with Crippen LogP contribution in [0.3, 0.4) is 0 Å². The second-order valence-electron chi connectivity index (χ2n) is 6.12. The van der Waals surface area contributed by atoms with Crippen LogP contribution in [0.5, 0.6) is 5.75 Å². The molecule has 1 aliphatic heterocycles. The summed E-state index contributed by atoms with van der Waals surface area (Å²) in [5.41, 5.74) is 1.29. The first kappa shape index (κ1) is 17.2. The molecule has 3 aromatic rings. The Morgan fingerprint density at radius 1 is 1.15 bits per heavy atom. The molecule has 140 valence electrons. The topological polar surface area (TPSA) is 120 Å². The van der Waals surface area contributed by atoms with Gasteiger partial charge in [0.25, 0.3) is 15.9 Å². The molecule has 1 aliphatic rings. The van der Waals surface area contributed by atoms with E-state index in [4.69, 9.17) is 9.15 Å². The lowest BCUT2D eigenvalue weighted by molar-refractivity contribution is -0.122. The normalized spacial score (nSPS) is 16.5. The second kappa shape index (κ2) is 5.88. The van der Waals surface area contributed by atoms with E-state index in [2.05, 4.69) is 10.0 Å². The van der Waals surface area contributed by atoms with Crippen molar-refractivity contribution in [3.8, 4) is 5.75 Å². The number of fused-ring (bicyclic) bond motifs is 2. The number of nitrogens with one attached hydrogen (secondary N) is 2. The highest BCUT2D eigenvalue weighted by Crippen LogP contribution is 2.33. The van der Waals surface area contributed by atoms with Crippen LogP contribution in [0, 0.1) is 0 Å². The van der Waals surface area contributed by atoms with E-state index in [0.717, 1.165) is 0 Å². The Morgan fingerprint density at radius 3 is 2.70 bits per heavy atom. The van der Waals surface area contributed by atoms with Crippen molar-refractivity contribution in [3.05, 3.63) is 46.9 Å². The quantitative estimate of drug-likeness (QED) is 0.703. The van der Waals surface area contributed by atoms with Gasteiger partial charge in [0.1, 0.15) is 5.75 Å². The highest BCUT2D eigenvalue weighted by Gasteiger charge is 2.24. The van der Waals surface area contributed by atoms with Gasteiger partial charge in [-0.05, 0) is 37.3 Å². The lowest BCUT2D eigenvalue weighted by Crippen LogP contribution is -2.34. The predicted octanol–water partition coefficient (Wildman–Crippen LogP) is 1.65. The number of amides is 1. The molecule has 4 rings (SSSR count). The number of carbonyl (C=O) groups is 1. The number of sulfonamides is 1. The minimum atomic E-state index is -3.93. The zero-order chi connectivity index (χ0) is 19.3. The van der Waals surface area contributed by atoms with Gasteiger partial charge in [0.2, 0.25) is 0 Å². The molecule has 2 heterocycles. The fraction of sp³-hybridized carbons (Fsp3) is 0.176. The predicted molar refractivity (Wildman–Crippen MR) is 97.4 cm³/mol. The van der Waals surface area contributed by atoms with Crippen molar-refractivity contribution < 1.29 is 22.4 Å². The number of carbonyl (C=O) groups excluding carboxylic acids is 1. The molecular formula is C17H15N3O6S. The third-order valence-corrected chi connectivity index (χ3v) is 5.62. The number of hydrogen-bond donors (Lipinski definition) is 2. The summed E-state index contributed by atoms with van der Waals surface area (Å²) in [6.45, 7) is 1.62. The summed E-state index contributed by atoms with van der Waals surface area (Å²) in [5.74, 6) is -0.434. The Bertz CT molecular complexity index is 1240. The van der Waals surface area contributed by atoms with Gasteiger partial charge in [-0.2, -0.15) is 0 Å². The largest absolute Gasteiger partial charge is 0.479 e. The Balaban J connectivity index is 1.67. The van der Waals surface area contributed by atoms with Crippen LogP contribution in [0.1, 0.15) is 6.92 Å². The van der Waals surface area contributed by atoms with Crippen LogP contribution >= 0.6 is 0 Å². The maximum atomic E-state index is 12.7. The molecule has 0 bridgehead atoms. The molecule has 2 N–H and O–H groups in total. The van der Waals surface area contributed by atoms with E-state index in [1.165, 1.54) is 41.9 Å². The van der Waals surface area contributed by atoms with Crippen molar-refractivity contribution in [2.75, 3.05) is 10.0 Å². The van der Waals surface area contributed by atoms with Crippen LogP contribution in [0.15, 0.2) is 50.5 Å². The molecule has 1 atom stereocenters. The molecule has 0 saturated carbocycles. The Kier molecular flexibility index (Phi) is 3.74. The van der Waals surface area contributed by atoms with Crippen LogP contribution < -0.4 is 20.5 Å². The van der Waals surface area contributed by atoms with Gasteiger partial charge in [-0.3, -0.25) is 14.1 Å². The van der Waals surface area contributed by atoms with Crippen molar-refractivity contribution in [1.29, 1.82) is 0 Å². The number of rotatable bonds is 3. The molecule has 0 aliphatic carbocycles. The number of nitrogens with zero attached hydrogens (tertiary/aromatic N) is 1. The lowest BCUT2D eigenvalue weighted by atomic mass is 10.2. The molecule has 0 radical (unpaired) electrons. The van der Waals surface area contributed by atoms with Gasteiger partial charge >= 0.3 is 5.76 Å². The summed E-state index contributed by atoms with van der Waals surface area (Å²) >= 11 is 0. The summed E-state index contributed by atoms with van der Waals surface area (Å²) < 4.78 is 39.5. The van der Waals surface area contributed by atoms with Crippen LogP contribution in [0.4, 0.5) is 11.4 Å². The van der Waals surface area contributed by atoms with Gasteiger partial charge in [0.15, 0.2) is 11.7 Å². The molecule has 0 unspecified atom stereocenters. The van der Waals surface area contributed by atoms with Crippen LogP contribution in [0.25, 0.3) is 11.1 Å². The first-order valence-corrected chi connectivity index (χ1v) is 9.47. The smallest absolute Gasteiger partial charge is 0.419 e. The van der Waals surface area contributed by atoms with Crippen molar-refractivity contribution in [1.82, 2.24) is 4.57 Å². The molecule has 9 nitrogen and oxygen atoms in total. The second-order valence-corrected chi connectivity index (χ2v) is 7.80.